The van der Waals surface area contributed by atoms with E-state index in [1.54, 1.807) is 0 Å². The van der Waals surface area contributed by atoms with Crippen LogP contribution in [0.15, 0.2) is 46.7 Å². The standard InChI is InChI=1S/C11H7N3O4S/c15-11(16)8-5-7(14(17)18)1-2-9(8)19-10-6-12-3-4-13-10/h1-6H,(H,15,16). The van der Waals surface area contributed by atoms with Crippen LogP contribution < -0.4 is 0 Å². The second-order valence-electron chi connectivity index (χ2n) is 3.39. The lowest BCUT2D eigenvalue weighted by Gasteiger charge is -2.04. The van der Waals surface area contributed by atoms with Crippen molar-refractivity contribution in [2.24, 2.45) is 0 Å². The van der Waals surface area contributed by atoms with Gasteiger partial charge in [0.2, 0.25) is 0 Å². The smallest absolute Gasteiger partial charge is 0.337 e. The first-order valence-electron chi connectivity index (χ1n) is 5.03. The van der Waals surface area contributed by atoms with Gasteiger partial charge in [-0.25, -0.2) is 9.78 Å². The van der Waals surface area contributed by atoms with Gasteiger partial charge in [-0.05, 0) is 6.07 Å². The molecule has 1 heterocycles. The van der Waals surface area contributed by atoms with E-state index in [9.17, 15) is 14.9 Å². The number of benzene rings is 1. The van der Waals surface area contributed by atoms with Gasteiger partial charge in [-0.1, -0.05) is 11.8 Å². The summed E-state index contributed by atoms with van der Waals surface area (Å²) in [5.74, 6) is -1.23. The third-order valence-electron chi connectivity index (χ3n) is 2.16. The third kappa shape index (κ3) is 3.05. The molecule has 19 heavy (non-hydrogen) atoms. The SMILES string of the molecule is O=C(O)c1cc([N+](=O)[O-])ccc1Sc1cnccn1. The maximum Gasteiger partial charge on any atom is 0.337 e. The van der Waals surface area contributed by atoms with Crippen molar-refractivity contribution < 1.29 is 14.8 Å². The van der Waals surface area contributed by atoms with Crippen LogP contribution in [-0.4, -0.2) is 26.0 Å². The molecule has 96 valence electrons. The van der Waals surface area contributed by atoms with Crippen molar-refractivity contribution in [2.45, 2.75) is 9.92 Å². The summed E-state index contributed by atoms with van der Waals surface area (Å²) < 4.78 is 0. The molecule has 0 spiro atoms. The van der Waals surface area contributed by atoms with Crippen LogP contribution in [-0.2, 0) is 0 Å². The van der Waals surface area contributed by atoms with Crippen LogP contribution in [0.5, 0.6) is 0 Å². The van der Waals surface area contributed by atoms with Crippen molar-refractivity contribution >= 4 is 23.4 Å². The number of hydrogen-bond donors (Lipinski definition) is 1. The Morgan fingerprint density at radius 2 is 2.16 bits per heavy atom. The predicted octanol–water partition coefficient (Wildman–Crippen LogP) is 2.23. The van der Waals surface area contributed by atoms with Crippen molar-refractivity contribution in [3.63, 3.8) is 0 Å². The Morgan fingerprint density at radius 1 is 1.37 bits per heavy atom. The summed E-state index contributed by atoms with van der Waals surface area (Å²) in [6.07, 6.45) is 4.46. The molecular formula is C11H7N3O4S. The highest BCUT2D eigenvalue weighted by Crippen LogP contribution is 2.31. The molecule has 0 saturated heterocycles. The molecule has 7 nitrogen and oxygen atoms in total. The minimum Gasteiger partial charge on any atom is -0.478 e. The van der Waals surface area contributed by atoms with Gasteiger partial charge < -0.3 is 5.11 Å². The Morgan fingerprint density at radius 3 is 2.74 bits per heavy atom. The molecule has 1 aromatic heterocycles. The van der Waals surface area contributed by atoms with Gasteiger partial charge in [0.15, 0.2) is 0 Å². The van der Waals surface area contributed by atoms with Crippen LogP contribution in [0.25, 0.3) is 0 Å². The van der Waals surface area contributed by atoms with Crippen LogP contribution in [0.4, 0.5) is 5.69 Å². The zero-order valence-corrected chi connectivity index (χ0v) is 10.2. The molecule has 2 rings (SSSR count). The van der Waals surface area contributed by atoms with Crippen molar-refractivity contribution in [3.05, 3.63) is 52.5 Å². The Kier molecular flexibility index (Phi) is 3.71. The van der Waals surface area contributed by atoms with Gasteiger partial charge in [-0.2, -0.15) is 0 Å². The van der Waals surface area contributed by atoms with E-state index < -0.39 is 10.9 Å². The van der Waals surface area contributed by atoms with E-state index in [1.807, 2.05) is 0 Å². The van der Waals surface area contributed by atoms with E-state index in [2.05, 4.69) is 9.97 Å². The number of aromatic nitrogens is 2. The maximum absolute atomic E-state index is 11.1. The minimum absolute atomic E-state index is 0.134. The largest absolute Gasteiger partial charge is 0.478 e. The van der Waals surface area contributed by atoms with Crippen LogP contribution in [0, 0.1) is 10.1 Å². The zero-order chi connectivity index (χ0) is 13.8. The number of hydrogen-bond acceptors (Lipinski definition) is 6. The lowest BCUT2D eigenvalue weighted by Crippen LogP contribution is -2.00. The number of nitrogens with zero attached hydrogens (tertiary/aromatic N) is 3. The van der Waals surface area contributed by atoms with Gasteiger partial charge in [0.05, 0.1) is 16.7 Å². The highest BCUT2D eigenvalue weighted by molar-refractivity contribution is 7.99. The zero-order valence-electron chi connectivity index (χ0n) is 9.39. The van der Waals surface area contributed by atoms with E-state index in [0.717, 1.165) is 17.8 Å². The minimum atomic E-state index is -1.23. The number of carboxylic acid groups (broad SMARTS) is 1. The average molecular weight is 277 g/mol. The normalized spacial score (nSPS) is 10.1. The molecule has 0 radical (unpaired) electrons. The van der Waals surface area contributed by atoms with E-state index in [4.69, 9.17) is 5.11 Å². The molecule has 8 heteroatoms. The molecule has 0 unspecified atom stereocenters. The molecule has 0 bridgehead atoms. The number of carbonyl (C=O) groups is 1. The first-order chi connectivity index (χ1) is 9.08. The monoisotopic (exact) mass is 277 g/mol. The maximum atomic E-state index is 11.1. The lowest BCUT2D eigenvalue weighted by atomic mass is 10.2. The fraction of sp³-hybridized carbons (Fsp3) is 0. The highest BCUT2D eigenvalue weighted by atomic mass is 32.2. The summed E-state index contributed by atoms with van der Waals surface area (Å²) >= 11 is 1.09. The summed E-state index contributed by atoms with van der Waals surface area (Å²) in [4.78, 5) is 29.3. The summed E-state index contributed by atoms with van der Waals surface area (Å²) in [6, 6.07) is 3.67. The first-order valence-corrected chi connectivity index (χ1v) is 5.85. The predicted molar refractivity (Wildman–Crippen MR) is 66.2 cm³/mol. The summed E-state index contributed by atoms with van der Waals surface area (Å²) in [5.41, 5.74) is -0.397. The quantitative estimate of drug-likeness (QED) is 0.674. The molecule has 0 saturated carbocycles. The molecule has 1 aromatic carbocycles. The number of nitro groups is 1. The lowest BCUT2D eigenvalue weighted by molar-refractivity contribution is -0.384. The topological polar surface area (TPSA) is 106 Å². The molecule has 0 amide bonds. The number of carboxylic acids is 1. The van der Waals surface area contributed by atoms with Gasteiger partial charge in [0.25, 0.3) is 5.69 Å². The molecule has 0 aliphatic rings. The van der Waals surface area contributed by atoms with Gasteiger partial charge >= 0.3 is 5.97 Å². The summed E-state index contributed by atoms with van der Waals surface area (Å²) in [6.45, 7) is 0. The average Bonchev–Trinajstić information content (AvgIpc) is 2.39. The van der Waals surface area contributed by atoms with Crippen molar-refractivity contribution in [1.29, 1.82) is 0 Å². The third-order valence-corrected chi connectivity index (χ3v) is 3.15. The Bertz CT molecular complexity index is 633. The second kappa shape index (κ2) is 5.44. The van der Waals surface area contributed by atoms with Crippen LogP contribution in [0.1, 0.15) is 10.4 Å². The van der Waals surface area contributed by atoms with Crippen LogP contribution in [0.3, 0.4) is 0 Å². The Hall–Kier alpha value is -2.48. The number of aromatic carboxylic acids is 1. The number of nitro benzene ring substituents is 1. The van der Waals surface area contributed by atoms with Crippen molar-refractivity contribution in [2.75, 3.05) is 0 Å². The van der Waals surface area contributed by atoms with Gasteiger partial charge in [-0.3, -0.25) is 15.1 Å². The number of rotatable bonds is 4. The summed E-state index contributed by atoms with van der Waals surface area (Å²) in [5, 5.41) is 20.2. The Balaban J connectivity index is 2.40. The van der Waals surface area contributed by atoms with Crippen molar-refractivity contribution in [3.8, 4) is 0 Å². The molecule has 0 aliphatic heterocycles. The molecule has 1 N–H and O–H groups in total. The first kappa shape index (κ1) is 13.0. The molecule has 0 aliphatic carbocycles. The van der Waals surface area contributed by atoms with Crippen LogP contribution >= 0.6 is 11.8 Å². The summed E-state index contributed by atoms with van der Waals surface area (Å²) in [7, 11) is 0. The van der Waals surface area contributed by atoms with Crippen molar-refractivity contribution in [1.82, 2.24) is 9.97 Å². The fourth-order valence-electron chi connectivity index (χ4n) is 1.34. The molecule has 2 aromatic rings. The Labute approximate surface area is 111 Å². The fourth-order valence-corrected chi connectivity index (χ4v) is 2.18. The molecule has 0 atom stereocenters. The highest BCUT2D eigenvalue weighted by Gasteiger charge is 2.17. The van der Waals surface area contributed by atoms with E-state index in [1.165, 1.54) is 30.7 Å². The van der Waals surface area contributed by atoms with E-state index in [0.29, 0.717) is 9.92 Å². The van der Waals surface area contributed by atoms with Gasteiger partial charge in [-0.15, -0.1) is 0 Å². The van der Waals surface area contributed by atoms with Crippen LogP contribution in [0.2, 0.25) is 0 Å². The van der Waals surface area contributed by atoms with Gasteiger partial charge in [0, 0.05) is 29.4 Å². The molecular weight excluding hydrogens is 270 g/mol. The van der Waals surface area contributed by atoms with E-state index >= 15 is 0 Å². The van der Waals surface area contributed by atoms with Gasteiger partial charge in [0.1, 0.15) is 5.03 Å². The number of non-ortho nitro benzene ring substituents is 1. The molecule has 0 fully saturated rings. The van der Waals surface area contributed by atoms with E-state index in [-0.39, 0.29) is 11.3 Å². The second-order valence-corrected chi connectivity index (χ2v) is 4.45.